The molecule has 0 unspecified atom stereocenters. The molecule has 0 bridgehead atoms. The van der Waals surface area contributed by atoms with E-state index in [1.165, 1.54) is 30.5 Å². The second-order valence-corrected chi connectivity index (χ2v) is 7.30. The molecule has 1 aliphatic rings. The zero-order valence-electron chi connectivity index (χ0n) is 14.8. The van der Waals surface area contributed by atoms with Gasteiger partial charge >= 0.3 is 0 Å². The Morgan fingerprint density at radius 1 is 0.926 bits per heavy atom. The molecule has 8 heteroatoms. The molecule has 0 radical (unpaired) electrons. The minimum absolute atomic E-state index is 0.420. The number of hydrogen-bond acceptors (Lipinski definition) is 5. The predicted octanol–water partition coefficient (Wildman–Crippen LogP) is 4.57. The summed E-state index contributed by atoms with van der Waals surface area (Å²) >= 11 is 12.4. The van der Waals surface area contributed by atoms with Crippen molar-refractivity contribution in [2.45, 2.75) is 25.8 Å². The summed E-state index contributed by atoms with van der Waals surface area (Å²) in [6, 6.07) is 13.8. The summed E-state index contributed by atoms with van der Waals surface area (Å²) < 4.78 is 1.57. The Labute approximate surface area is 168 Å². The molecule has 6 nitrogen and oxygen atoms in total. The van der Waals surface area contributed by atoms with Gasteiger partial charge in [-0.25, -0.2) is 0 Å². The Hall–Kier alpha value is -2.31. The average molecular weight is 403 g/mol. The van der Waals surface area contributed by atoms with Gasteiger partial charge in [-0.1, -0.05) is 52.6 Å². The van der Waals surface area contributed by atoms with Crippen molar-refractivity contribution < 1.29 is 0 Å². The molecule has 140 valence electrons. The number of anilines is 2. The highest BCUT2D eigenvalue weighted by Gasteiger charge is 2.16. The Morgan fingerprint density at radius 3 is 2.56 bits per heavy atom. The van der Waals surface area contributed by atoms with Crippen molar-refractivity contribution in [3.63, 3.8) is 0 Å². The van der Waals surface area contributed by atoms with Crippen LogP contribution in [0.5, 0.6) is 0 Å². The molecule has 1 aliphatic heterocycles. The number of nitrogens with zero attached hydrogens (tertiary/aromatic N) is 5. The molecule has 0 spiro atoms. The summed E-state index contributed by atoms with van der Waals surface area (Å²) in [7, 11) is 0. The molecule has 27 heavy (non-hydrogen) atoms. The van der Waals surface area contributed by atoms with Gasteiger partial charge in [0, 0.05) is 25.3 Å². The van der Waals surface area contributed by atoms with Crippen LogP contribution in [0.25, 0.3) is 5.69 Å². The number of para-hydroxylation sites is 1. The first kappa shape index (κ1) is 18.1. The van der Waals surface area contributed by atoms with Crippen LogP contribution >= 0.6 is 23.2 Å². The largest absolute Gasteiger partial charge is 0.371 e. The topological polar surface area (TPSA) is 58.9 Å². The summed E-state index contributed by atoms with van der Waals surface area (Å²) in [5.74, 6) is 0.521. The fraction of sp³-hybridized carbons (Fsp3) is 0.316. The lowest BCUT2D eigenvalue weighted by molar-refractivity contribution is 0.576. The van der Waals surface area contributed by atoms with Crippen molar-refractivity contribution >= 4 is 34.8 Å². The summed E-state index contributed by atoms with van der Waals surface area (Å²) in [5, 5.41) is 16.1. The zero-order valence-corrected chi connectivity index (χ0v) is 16.3. The SMILES string of the molecule is Clc1cccc(-n2nnnc2NCc2ccccc2N2CCCCC2)c1Cl. The molecule has 0 saturated carbocycles. The van der Waals surface area contributed by atoms with E-state index in [9.17, 15) is 0 Å². The molecule has 2 heterocycles. The Bertz CT molecular complexity index is 920. The maximum absolute atomic E-state index is 6.32. The van der Waals surface area contributed by atoms with E-state index in [1.807, 2.05) is 12.1 Å². The molecule has 1 aromatic heterocycles. The maximum atomic E-state index is 6.32. The van der Waals surface area contributed by atoms with Crippen LogP contribution in [0.4, 0.5) is 11.6 Å². The third-order valence-electron chi connectivity index (χ3n) is 4.75. The van der Waals surface area contributed by atoms with E-state index in [-0.39, 0.29) is 0 Å². The van der Waals surface area contributed by atoms with Crippen molar-refractivity contribution in [2.24, 2.45) is 0 Å². The van der Waals surface area contributed by atoms with Gasteiger partial charge in [0.05, 0.1) is 15.7 Å². The quantitative estimate of drug-likeness (QED) is 0.676. The average Bonchev–Trinajstić information content (AvgIpc) is 3.18. The van der Waals surface area contributed by atoms with E-state index < -0.39 is 0 Å². The van der Waals surface area contributed by atoms with Crippen LogP contribution in [0.2, 0.25) is 10.0 Å². The molecule has 2 aromatic carbocycles. The molecule has 0 atom stereocenters. The van der Waals surface area contributed by atoms with Gasteiger partial charge in [0.15, 0.2) is 0 Å². The lowest BCUT2D eigenvalue weighted by atomic mass is 10.1. The minimum Gasteiger partial charge on any atom is -0.371 e. The zero-order chi connectivity index (χ0) is 18.6. The van der Waals surface area contributed by atoms with Crippen LogP contribution in [0, 0.1) is 0 Å². The highest BCUT2D eigenvalue weighted by atomic mass is 35.5. The summed E-state index contributed by atoms with van der Waals surface area (Å²) in [4.78, 5) is 2.46. The minimum atomic E-state index is 0.420. The summed E-state index contributed by atoms with van der Waals surface area (Å²) in [6.45, 7) is 2.82. The Morgan fingerprint density at radius 2 is 1.70 bits per heavy atom. The van der Waals surface area contributed by atoms with E-state index in [1.54, 1.807) is 10.7 Å². The van der Waals surface area contributed by atoms with Gasteiger partial charge in [0.25, 0.3) is 0 Å². The Balaban J connectivity index is 1.56. The number of aromatic nitrogens is 4. The second kappa shape index (κ2) is 8.15. The fourth-order valence-corrected chi connectivity index (χ4v) is 3.77. The molecule has 1 saturated heterocycles. The van der Waals surface area contributed by atoms with Crippen LogP contribution in [-0.2, 0) is 6.54 Å². The van der Waals surface area contributed by atoms with Gasteiger partial charge < -0.3 is 10.2 Å². The van der Waals surface area contributed by atoms with E-state index in [2.05, 4.69) is 50.0 Å². The van der Waals surface area contributed by atoms with Crippen molar-refractivity contribution in [1.82, 2.24) is 20.2 Å². The van der Waals surface area contributed by atoms with E-state index in [0.29, 0.717) is 28.2 Å². The van der Waals surface area contributed by atoms with Crippen molar-refractivity contribution in [1.29, 1.82) is 0 Å². The van der Waals surface area contributed by atoms with E-state index in [4.69, 9.17) is 23.2 Å². The number of benzene rings is 2. The molecular formula is C19H20Cl2N6. The van der Waals surface area contributed by atoms with Crippen molar-refractivity contribution in [3.05, 3.63) is 58.1 Å². The highest BCUT2D eigenvalue weighted by molar-refractivity contribution is 6.43. The number of piperidine rings is 1. The van der Waals surface area contributed by atoms with Gasteiger partial charge in [-0.2, -0.15) is 4.68 Å². The third-order valence-corrected chi connectivity index (χ3v) is 5.56. The van der Waals surface area contributed by atoms with Crippen LogP contribution in [0.15, 0.2) is 42.5 Å². The molecule has 0 amide bonds. The Kier molecular flexibility index (Phi) is 5.45. The number of hydrogen-bond donors (Lipinski definition) is 1. The molecule has 0 aliphatic carbocycles. The summed E-state index contributed by atoms with van der Waals surface area (Å²) in [6.07, 6.45) is 3.80. The maximum Gasteiger partial charge on any atom is 0.248 e. The van der Waals surface area contributed by atoms with Gasteiger partial charge in [-0.05, 0) is 53.5 Å². The molecular weight excluding hydrogens is 383 g/mol. The number of rotatable bonds is 5. The molecule has 4 rings (SSSR count). The number of nitrogens with one attached hydrogen (secondary N) is 1. The smallest absolute Gasteiger partial charge is 0.248 e. The molecule has 1 N–H and O–H groups in total. The van der Waals surface area contributed by atoms with Gasteiger partial charge in [-0.3, -0.25) is 0 Å². The summed E-state index contributed by atoms with van der Waals surface area (Å²) in [5.41, 5.74) is 3.12. The predicted molar refractivity (Wildman–Crippen MR) is 109 cm³/mol. The lowest BCUT2D eigenvalue weighted by Crippen LogP contribution is -2.30. The van der Waals surface area contributed by atoms with Crippen LogP contribution in [0.3, 0.4) is 0 Å². The normalized spacial score (nSPS) is 14.4. The number of tetrazole rings is 1. The van der Waals surface area contributed by atoms with Crippen LogP contribution in [-0.4, -0.2) is 33.3 Å². The third kappa shape index (κ3) is 3.87. The fourth-order valence-electron chi connectivity index (χ4n) is 3.39. The lowest BCUT2D eigenvalue weighted by Gasteiger charge is -2.30. The molecule has 3 aromatic rings. The standard InChI is InChI=1S/C19H20Cl2N6/c20-15-8-6-10-17(18(15)21)27-19(23-24-25-27)22-13-14-7-2-3-9-16(14)26-11-4-1-5-12-26/h2-3,6-10H,1,4-5,11-13H2,(H,22,23,25). The van der Waals surface area contributed by atoms with E-state index in [0.717, 1.165) is 13.1 Å². The highest BCUT2D eigenvalue weighted by Crippen LogP contribution is 2.29. The van der Waals surface area contributed by atoms with Gasteiger partial charge in [0.2, 0.25) is 5.95 Å². The van der Waals surface area contributed by atoms with E-state index >= 15 is 0 Å². The number of halogens is 2. The monoisotopic (exact) mass is 402 g/mol. The molecule has 1 fully saturated rings. The van der Waals surface area contributed by atoms with Crippen LogP contribution in [0.1, 0.15) is 24.8 Å². The van der Waals surface area contributed by atoms with Gasteiger partial charge in [0.1, 0.15) is 0 Å². The first-order valence-electron chi connectivity index (χ1n) is 9.03. The van der Waals surface area contributed by atoms with Crippen LogP contribution < -0.4 is 10.2 Å². The second-order valence-electron chi connectivity index (χ2n) is 6.52. The van der Waals surface area contributed by atoms with Crippen molar-refractivity contribution in [3.8, 4) is 5.69 Å². The van der Waals surface area contributed by atoms with Crippen molar-refractivity contribution in [2.75, 3.05) is 23.3 Å². The van der Waals surface area contributed by atoms with Gasteiger partial charge in [-0.15, -0.1) is 0 Å². The first-order chi connectivity index (χ1) is 13.2. The first-order valence-corrected chi connectivity index (χ1v) is 9.79.